The molecule has 1 spiro atoms. The van der Waals surface area contributed by atoms with E-state index in [-0.39, 0.29) is 17.5 Å². The van der Waals surface area contributed by atoms with E-state index in [4.69, 9.17) is 20.2 Å². The molecule has 2 aliphatic carbocycles. The van der Waals surface area contributed by atoms with Gasteiger partial charge in [-0.1, -0.05) is 12.1 Å². The van der Waals surface area contributed by atoms with Crippen molar-refractivity contribution >= 4 is 33.2 Å². The predicted octanol–water partition coefficient (Wildman–Crippen LogP) is 5.98. The first-order chi connectivity index (χ1) is 15.4. The molecule has 1 aromatic heterocycles. The van der Waals surface area contributed by atoms with Gasteiger partial charge in [0.1, 0.15) is 6.73 Å². The number of aliphatic imine (C=N–C) groups is 1. The summed E-state index contributed by atoms with van der Waals surface area (Å²) >= 11 is 5.35. The van der Waals surface area contributed by atoms with Crippen molar-refractivity contribution in [2.75, 3.05) is 21.0 Å². The van der Waals surface area contributed by atoms with Crippen molar-refractivity contribution < 1.29 is 9.47 Å². The molecule has 32 heavy (non-hydrogen) atoms. The summed E-state index contributed by atoms with van der Waals surface area (Å²) in [6, 6.07) is 9.37. The van der Waals surface area contributed by atoms with Crippen molar-refractivity contribution in [3.63, 3.8) is 0 Å². The SMILES string of the molecule is COCN(/C(N)=N\C1c2cc(-c3cc(Br)cs3)ccc2CC12CCC(OC)CC2)C(C)C. The summed E-state index contributed by atoms with van der Waals surface area (Å²) in [5, 5.41) is 2.13. The summed E-state index contributed by atoms with van der Waals surface area (Å²) in [5.41, 5.74) is 10.7. The first-order valence-corrected chi connectivity index (χ1v) is 13.0. The lowest BCUT2D eigenvalue weighted by Crippen LogP contribution is -2.44. The van der Waals surface area contributed by atoms with Gasteiger partial charge in [-0.25, -0.2) is 4.99 Å². The number of fused-ring (bicyclic) bond motifs is 1. The van der Waals surface area contributed by atoms with Crippen LogP contribution < -0.4 is 5.73 Å². The van der Waals surface area contributed by atoms with Gasteiger partial charge in [-0.2, -0.15) is 0 Å². The van der Waals surface area contributed by atoms with Gasteiger partial charge >= 0.3 is 0 Å². The van der Waals surface area contributed by atoms with E-state index < -0.39 is 0 Å². The van der Waals surface area contributed by atoms with Crippen molar-refractivity contribution in [2.24, 2.45) is 16.1 Å². The zero-order chi connectivity index (χ0) is 22.9. The molecule has 2 N–H and O–H groups in total. The molecule has 4 rings (SSSR count). The van der Waals surface area contributed by atoms with Gasteiger partial charge < -0.3 is 20.1 Å². The molecule has 0 amide bonds. The average molecular weight is 521 g/mol. The molecule has 1 unspecified atom stereocenters. The Labute approximate surface area is 204 Å². The molecule has 0 radical (unpaired) electrons. The minimum Gasteiger partial charge on any atom is -0.381 e. The van der Waals surface area contributed by atoms with E-state index >= 15 is 0 Å². The van der Waals surface area contributed by atoms with Crippen LogP contribution in [-0.4, -0.2) is 44.0 Å². The monoisotopic (exact) mass is 519 g/mol. The van der Waals surface area contributed by atoms with Crippen LogP contribution in [0.25, 0.3) is 10.4 Å². The van der Waals surface area contributed by atoms with Crippen molar-refractivity contribution in [1.29, 1.82) is 0 Å². The Morgan fingerprint density at radius 3 is 2.62 bits per heavy atom. The fourth-order valence-corrected chi connectivity index (χ4v) is 6.74. The Hall–Kier alpha value is -1.41. The molecule has 174 valence electrons. The number of hydrogen-bond acceptors (Lipinski definition) is 4. The van der Waals surface area contributed by atoms with E-state index in [1.165, 1.54) is 21.6 Å². The molecule has 7 heteroatoms. The van der Waals surface area contributed by atoms with Gasteiger partial charge in [0.05, 0.1) is 12.1 Å². The molecule has 0 aliphatic heterocycles. The van der Waals surface area contributed by atoms with Crippen molar-refractivity contribution in [1.82, 2.24) is 4.90 Å². The summed E-state index contributed by atoms with van der Waals surface area (Å²) in [7, 11) is 3.53. The quantitative estimate of drug-likeness (QED) is 0.289. The Morgan fingerprint density at radius 2 is 2.03 bits per heavy atom. The third kappa shape index (κ3) is 4.63. The highest BCUT2D eigenvalue weighted by Gasteiger charge is 2.48. The average Bonchev–Trinajstić information content (AvgIpc) is 3.33. The maximum Gasteiger partial charge on any atom is 0.193 e. The molecule has 1 fully saturated rings. The summed E-state index contributed by atoms with van der Waals surface area (Å²) in [5.74, 6) is 0.567. The lowest BCUT2D eigenvalue weighted by atomic mass is 9.68. The molecule has 0 saturated heterocycles. The minimum absolute atomic E-state index is 0.0526. The zero-order valence-corrected chi connectivity index (χ0v) is 21.8. The molecule has 5 nitrogen and oxygen atoms in total. The summed E-state index contributed by atoms with van der Waals surface area (Å²) in [4.78, 5) is 8.52. The Morgan fingerprint density at radius 1 is 1.28 bits per heavy atom. The van der Waals surface area contributed by atoms with Crippen LogP contribution >= 0.6 is 27.3 Å². The maximum atomic E-state index is 6.60. The first-order valence-electron chi connectivity index (χ1n) is 11.4. The number of rotatable bonds is 6. The third-order valence-electron chi connectivity index (χ3n) is 7.12. The van der Waals surface area contributed by atoms with E-state index in [1.54, 1.807) is 18.4 Å². The lowest BCUT2D eigenvalue weighted by Gasteiger charge is -2.40. The van der Waals surface area contributed by atoms with Crippen LogP contribution in [0.5, 0.6) is 0 Å². The highest BCUT2D eigenvalue weighted by Crippen LogP contribution is 2.56. The number of nitrogens with zero attached hydrogens (tertiary/aromatic N) is 2. The molecular weight excluding hydrogens is 486 g/mol. The predicted molar refractivity (Wildman–Crippen MR) is 136 cm³/mol. The normalized spacial score (nSPS) is 25.5. The highest BCUT2D eigenvalue weighted by molar-refractivity contribution is 9.10. The van der Waals surface area contributed by atoms with Crippen LogP contribution in [0.2, 0.25) is 0 Å². The molecular formula is C25H34BrN3O2S. The largest absolute Gasteiger partial charge is 0.381 e. The molecule has 1 saturated carbocycles. The van der Waals surface area contributed by atoms with Gasteiger partial charge in [0.25, 0.3) is 0 Å². The number of nitrogens with two attached hydrogens (primary N) is 1. The number of benzene rings is 1. The Balaban J connectivity index is 1.75. The van der Waals surface area contributed by atoms with Gasteiger partial charge in [0.2, 0.25) is 0 Å². The summed E-state index contributed by atoms with van der Waals surface area (Å²) in [6.45, 7) is 4.68. The van der Waals surface area contributed by atoms with Crippen molar-refractivity contribution in [3.05, 3.63) is 45.2 Å². The van der Waals surface area contributed by atoms with E-state index in [0.29, 0.717) is 18.8 Å². The summed E-state index contributed by atoms with van der Waals surface area (Å²) in [6.07, 6.45) is 5.77. The van der Waals surface area contributed by atoms with Crippen LogP contribution in [0.15, 0.2) is 39.1 Å². The standard InChI is InChI=1S/C25H34BrN3O2S/c1-16(2)29(15-30-3)24(27)28-23-21-11-17(22-12-19(26)14-32-22)5-6-18(21)13-25(23)9-7-20(31-4)8-10-25/h5-6,11-12,14,16,20,23H,7-10,13,15H2,1-4H3,(H2,27,28). The smallest absolute Gasteiger partial charge is 0.193 e. The molecule has 2 aromatic rings. The van der Waals surface area contributed by atoms with Crippen LogP contribution in [0, 0.1) is 5.41 Å². The van der Waals surface area contributed by atoms with Crippen LogP contribution in [-0.2, 0) is 15.9 Å². The second-order valence-corrected chi connectivity index (χ2v) is 11.2. The van der Waals surface area contributed by atoms with Crippen molar-refractivity contribution in [3.8, 4) is 10.4 Å². The number of ether oxygens (including phenoxy) is 2. The molecule has 0 bridgehead atoms. The molecule has 1 aromatic carbocycles. The van der Waals surface area contributed by atoms with Gasteiger partial charge in [-0.3, -0.25) is 0 Å². The van der Waals surface area contributed by atoms with Gasteiger partial charge in [-0.05, 0) is 90.7 Å². The lowest BCUT2D eigenvalue weighted by molar-refractivity contribution is 0.0206. The van der Waals surface area contributed by atoms with Crippen molar-refractivity contribution in [2.45, 2.75) is 64.1 Å². The van der Waals surface area contributed by atoms with Crippen LogP contribution in [0.1, 0.15) is 56.7 Å². The second kappa shape index (κ2) is 9.84. The minimum atomic E-state index is 0.0526. The number of thiophene rings is 1. The second-order valence-electron chi connectivity index (χ2n) is 9.39. The summed E-state index contributed by atoms with van der Waals surface area (Å²) < 4.78 is 12.2. The Bertz CT molecular complexity index is 966. The molecule has 2 aliphatic rings. The van der Waals surface area contributed by atoms with Crippen LogP contribution in [0.4, 0.5) is 0 Å². The highest BCUT2D eigenvalue weighted by atomic mass is 79.9. The fraction of sp³-hybridized carbons (Fsp3) is 0.560. The number of halogens is 1. The first kappa shape index (κ1) is 23.7. The third-order valence-corrected chi connectivity index (χ3v) is 8.86. The van der Waals surface area contributed by atoms with Gasteiger partial charge in [0.15, 0.2) is 5.96 Å². The number of hydrogen-bond donors (Lipinski definition) is 1. The zero-order valence-electron chi connectivity index (χ0n) is 19.4. The van der Waals surface area contributed by atoms with Gasteiger partial charge in [-0.15, -0.1) is 11.3 Å². The van der Waals surface area contributed by atoms with E-state index in [9.17, 15) is 0 Å². The Kier molecular flexibility index (Phi) is 7.30. The molecule has 1 heterocycles. The van der Waals surface area contributed by atoms with Crippen LogP contribution in [0.3, 0.4) is 0 Å². The number of methoxy groups -OCH3 is 2. The van der Waals surface area contributed by atoms with E-state index in [2.05, 4.69) is 59.4 Å². The van der Waals surface area contributed by atoms with Gasteiger partial charge in [0, 0.05) is 40.4 Å². The van der Waals surface area contributed by atoms with E-state index in [1.807, 2.05) is 12.0 Å². The fourth-order valence-electron chi connectivity index (χ4n) is 5.32. The topological polar surface area (TPSA) is 60.1 Å². The number of guanidine groups is 1. The van der Waals surface area contributed by atoms with E-state index in [0.717, 1.165) is 36.6 Å². The maximum absolute atomic E-state index is 6.60. The molecule has 1 atom stereocenters.